The first-order chi connectivity index (χ1) is 17.9. The van der Waals surface area contributed by atoms with Crippen molar-refractivity contribution in [3.8, 4) is 11.3 Å². The van der Waals surface area contributed by atoms with E-state index in [0.29, 0.717) is 72.2 Å². The maximum absolute atomic E-state index is 13.3. The van der Waals surface area contributed by atoms with Crippen LogP contribution in [0.3, 0.4) is 0 Å². The number of nitrogens with zero attached hydrogens (tertiary/aromatic N) is 1. The largest absolute Gasteiger partial charge is 0.465 e. The van der Waals surface area contributed by atoms with E-state index in [1.54, 1.807) is 24.4 Å². The number of amides is 3. The van der Waals surface area contributed by atoms with Crippen LogP contribution in [0.2, 0.25) is 0 Å². The second-order valence-corrected chi connectivity index (χ2v) is 9.57. The van der Waals surface area contributed by atoms with E-state index in [-0.39, 0.29) is 17.9 Å². The van der Waals surface area contributed by atoms with Gasteiger partial charge in [0.05, 0.1) is 17.4 Å². The number of imidazole rings is 1. The van der Waals surface area contributed by atoms with Crippen molar-refractivity contribution in [3.63, 3.8) is 0 Å². The van der Waals surface area contributed by atoms with E-state index in [2.05, 4.69) is 20.9 Å². The third-order valence-electron chi connectivity index (χ3n) is 6.85. The lowest BCUT2D eigenvalue weighted by atomic mass is 9.99. The van der Waals surface area contributed by atoms with E-state index in [1.165, 1.54) is 0 Å². The highest BCUT2D eigenvalue weighted by molar-refractivity contribution is 5.97. The van der Waals surface area contributed by atoms with Crippen LogP contribution in [0.5, 0.6) is 0 Å². The van der Waals surface area contributed by atoms with Gasteiger partial charge in [0, 0.05) is 36.0 Å². The van der Waals surface area contributed by atoms with Crippen LogP contribution < -0.4 is 21.7 Å². The molecule has 1 saturated carbocycles. The van der Waals surface area contributed by atoms with Gasteiger partial charge in [-0.05, 0) is 73.1 Å². The molecule has 3 amide bonds. The molecule has 192 valence electrons. The van der Waals surface area contributed by atoms with Crippen LogP contribution in [0.4, 0.5) is 16.2 Å². The Morgan fingerprint density at radius 2 is 1.95 bits per heavy atom. The van der Waals surface area contributed by atoms with E-state index in [9.17, 15) is 14.4 Å². The van der Waals surface area contributed by atoms with Gasteiger partial charge in [-0.2, -0.15) is 0 Å². The lowest BCUT2D eigenvalue weighted by Gasteiger charge is -2.18. The Morgan fingerprint density at radius 3 is 2.70 bits per heavy atom. The molecule has 7 N–H and O–H groups in total. The molecular weight excluding hydrogens is 472 g/mol. The molecule has 3 aromatic rings. The number of nitrogens with two attached hydrogens (primary N) is 1. The van der Waals surface area contributed by atoms with Gasteiger partial charge in [-0.1, -0.05) is 12.5 Å². The lowest BCUT2D eigenvalue weighted by Crippen LogP contribution is -2.29. The summed E-state index contributed by atoms with van der Waals surface area (Å²) in [6, 6.07) is 10.2. The van der Waals surface area contributed by atoms with E-state index in [4.69, 9.17) is 15.8 Å². The summed E-state index contributed by atoms with van der Waals surface area (Å²) in [6.45, 7) is 0.453. The highest BCUT2D eigenvalue weighted by Gasteiger charge is 2.27. The molecule has 1 aromatic heterocycles. The molecule has 1 fully saturated rings. The average Bonchev–Trinajstić information content (AvgIpc) is 3.61. The minimum absolute atomic E-state index is 0.168. The molecule has 5 rings (SSSR count). The first-order valence-corrected chi connectivity index (χ1v) is 12.5. The fourth-order valence-corrected chi connectivity index (χ4v) is 4.79. The molecule has 10 nitrogen and oxygen atoms in total. The first kappa shape index (κ1) is 24.5. The summed E-state index contributed by atoms with van der Waals surface area (Å²) in [5.41, 5.74) is 10.8. The number of aromatic amines is 1. The molecule has 0 radical (unpaired) electrons. The molecule has 0 spiro atoms. The molecule has 2 aromatic carbocycles. The molecule has 1 aliphatic carbocycles. The second kappa shape index (κ2) is 10.4. The van der Waals surface area contributed by atoms with Gasteiger partial charge in [0.1, 0.15) is 5.82 Å². The van der Waals surface area contributed by atoms with Crippen molar-refractivity contribution in [1.29, 1.82) is 0 Å². The number of carbonyl (C=O) groups excluding carboxylic acids is 2. The van der Waals surface area contributed by atoms with E-state index in [1.807, 2.05) is 18.2 Å². The Morgan fingerprint density at radius 1 is 1.11 bits per heavy atom. The summed E-state index contributed by atoms with van der Waals surface area (Å²) in [5.74, 6) is 0.758. The third kappa shape index (κ3) is 5.64. The van der Waals surface area contributed by atoms with Crippen LogP contribution in [-0.2, 0) is 11.3 Å². The average molecular weight is 503 g/mol. The van der Waals surface area contributed by atoms with Crippen molar-refractivity contribution < 1.29 is 19.5 Å². The van der Waals surface area contributed by atoms with Crippen molar-refractivity contribution in [3.05, 3.63) is 65.1 Å². The number of anilines is 2. The SMILES string of the molecule is NCc1ccc(C(=O)N[C@H]2CCCCC(=O)Nc3cc(NC(=O)O)ccc3-c3c[nH]c2n3)cc1C1CC1. The number of H-pyrrole nitrogens is 1. The highest BCUT2D eigenvalue weighted by atomic mass is 16.4. The summed E-state index contributed by atoms with van der Waals surface area (Å²) in [7, 11) is 0. The molecule has 2 aliphatic rings. The number of carbonyl (C=O) groups is 3. The molecule has 0 unspecified atom stereocenters. The predicted molar refractivity (Wildman–Crippen MR) is 139 cm³/mol. The maximum atomic E-state index is 13.3. The monoisotopic (exact) mass is 502 g/mol. The zero-order chi connectivity index (χ0) is 25.9. The van der Waals surface area contributed by atoms with E-state index < -0.39 is 6.09 Å². The Labute approximate surface area is 214 Å². The highest BCUT2D eigenvalue weighted by Crippen LogP contribution is 2.42. The zero-order valence-corrected chi connectivity index (χ0v) is 20.3. The Kier molecular flexibility index (Phi) is 6.91. The fourth-order valence-electron chi connectivity index (χ4n) is 4.79. The quantitative estimate of drug-likeness (QED) is 0.301. The number of carboxylic acid groups (broad SMARTS) is 1. The van der Waals surface area contributed by atoms with Gasteiger partial charge in [-0.15, -0.1) is 0 Å². The van der Waals surface area contributed by atoms with Gasteiger partial charge >= 0.3 is 6.09 Å². The van der Waals surface area contributed by atoms with Crippen molar-refractivity contribution in [2.45, 2.75) is 57.0 Å². The van der Waals surface area contributed by atoms with Crippen LogP contribution in [0.15, 0.2) is 42.6 Å². The Hall–Kier alpha value is -4.18. The predicted octanol–water partition coefficient (Wildman–Crippen LogP) is 4.49. The smallest absolute Gasteiger partial charge is 0.409 e. The minimum atomic E-state index is -1.19. The topological polar surface area (TPSA) is 162 Å². The molecule has 2 heterocycles. The van der Waals surface area contributed by atoms with Crippen LogP contribution in [0.25, 0.3) is 11.3 Å². The molecule has 37 heavy (non-hydrogen) atoms. The maximum Gasteiger partial charge on any atom is 0.409 e. The summed E-state index contributed by atoms with van der Waals surface area (Å²) >= 11 is 0. The number of aromatic nitrogens is 2. The number of hydrogen-bond donors (Lipinski definition) is 6. The molecule has 0 saturated heterocycles. The van der Waals surface area contributed by atoms with Crippen LogP contribution in [0.1, 0.15) is 77.8 Å². The standard InChI is InChI=1S/C27H30N6O4/c28-13-17-8-7-16(11-20(17)15-5-6-15)26(35)33-21-3-1-2-4-24(34)31-22-12-18(30-27(36)37)9-10-19(22)23-14-29-25(21)32-23/h7-12,14-15,21,30H,1-6,13,28H2,(H,29,32)(H,31,34)(H,33,35)(H,36,37)/t21-/m0/s1. The van der Waals surface area contributed by atoms with E-state index >= 15 is 0 Å². The fraction of sp³-hybridized carbons (Fsp3) is 0.333. The van der Waals surface area contributed by atoms with Gasteiger partial charge in [-0.3, -0.25) is 14.9 Å². The van der Waals surface area contributed by atoms with Crippen LogP contribution in [-0.4, -0.2) is 33.0 Å². The minimum Gasteiger partial charge on any atom is -0.465 e. The zero-order valence-electron chi connectivity index (χ0n) is 20.3. The molecule has 1 aliphatic heterocycles. The van der Waals surface area contributed by atoms with Crippen molar-refractivity contribution in [1.82, 2.24) is 15.3 Å². The normalized spacial score (nSPS) is 17.5. The number of nitrogens with one attached hydrogen (secondary N) is 4. The van der Waals surface area contributed by atoms with Gasteiger partial charge in [0.25, 0.3) is 5.91 Å². The Bertz CT molecular complexity index is 1350. The summed E-state index contributed by atoms with van der Waals surface area (Å²) < 4.78 is 0. The van der Waals surface area contributed by atoms with Gasteiger partial charge < -0.3 is 26.5 Å². The molecule has 1 atom stereocenters. The molecule has 2 bridgehead atoms. The number of fused-ring (bicyclic) bond motifs is 4. The van der Waals surface area contributed by atoms with Crippen molar-refractivity contribution in [2.75, 3.05) is 10.6 Å². The third-order valence-corrected chi connectivity index (χ3v) is 6.85. The Balaban J connectivity index is 1.43. The summed E-state index contributed by atoms with van der Waals surface area (Å²) in [6.07, 6.45) is 5.05. The molecule has 10 heteroatoms. The van der Waals surface area contributed by atoms with Crippen molar-refractivity contribution in [2.24, 2.45) is 5.73 Å². The van der Waals surface area contributed by atoms with Gasteiger partial charge in [0.15, 0.2) is 0 Å². The molecular formula is C27H30N6O4. The number of rotatable bonds is 5. The van der Waals surface area contributed by atoms with Crippen LogP contribution in [0, 0.1) is 0 Å². The van der Waals surface area contributed by atoms with Crippen LogP contribution >= 0.6 is 0 Å². The lowest BCUT2D eigenvalue weighted by molar-refractivity contribution is -0.116. The summed E-state index contributed by atoms with van der Waals surface area (Å²) in [4.78, 5) is 44.9. The second-order valence-electron chi connectivity index (χ2n) is 9.57. The number of benzene rings is 2. The van der Waals surface area contributed by atoms with E-state index in [0.717, 1.165) is 24.0 Å². The van der Waals surface area contributed by atoms with Gasteiger partial charge in [0.2, 0.25) is 5.91 Å². The van der Waals surface area contributed by atoms with Gasteiger partial charge in [-0.25, -0.2) is 9.78 Å². The summed E-state index contributed by atoms with van der Waals surface area (Å²) in [5, 5.41) is 17.4. The van der Waals surface area contributed by atoms with Crippen molar-refractivity contribution >= 4 is 29.3 Å². The first-order valence-electron chi connectivity index (χ1n) is 12.5. The number of hydrogen-bond acceptors (Lipinski definition) is 5.